The number of hydrogen-bond acceptors (Lipinski definition) is 26. The average molecular weight is 2740 g/mol. The van der Waals surface area contributed by atoms with Crippen molar-refractivity contribution in [2.24, 2.45) is 59.2 Å². The molecular formula is C78H132N12O26U4Zn2-10. The zero-order valence-corrected chi connectivity index (χ0v) is 93.2. The van der Waals surface area contributed by atoms with Gasteiger partial charge in [0.05, 0.1) is 0 Å². The first-order chi connectivity index (χ1) is 57.4. The second kappa shape index (κ2) is 65.8. The molecule has 12 heterocycles. The van der Waals surface area contributed by atoms with Crippen molar-refractivity contribution < 1.29 is 244 Å². The van der Waals surface area contributed by atoms with Gasteiger partial charge in [-0.3, -0.25) is 9.78 Å². The molecule has 15 N–H and O–H groups in total. The van der Waals surface area contributed by atoms with Gasteiger partial charge in [-0.15, -0.1) is 107 Å². The molecular weight excluding hydrogens is 2600 g/mol. The quantitative estimate of drug-likeness (QED) is 0.0772. The first kappa shape index (κ1) is 116. The number of nitrogens with one attached hydrogen (secondary N) is 1. The molecule has 0 spiro atoms. The van der Waals surface area contributed by atoms with Gasteiger partial charge in [0.2, 0.25) is 0 Å². The van der Waals surface area contributed by atoms with E-state index in [-0.39, 0.29) is 50.4 Å². The van der Waals surface area contributed by atoms with Gasteiger partial charge in [-0.1, -0.05) is 232 Å². The van der Waals surface area contributed by atoms with E-state index in [4.69, 9.17) is 118 Å². The minimum absolute atomic E-state index is 0. The maximum Gasteiger partial charge on any atom is 0 e. The molecule has 690 valence electrons. The van der Waals surface area contributed by atoms with Crippen molar-refractivity contribution >= 4 is 11.9 Å². The largest absolute Gasteiger partial charge is 0 e. The van der Waals surface area contributed by atoms with Gasteiger partial charge in [0.25, 0.3) is 0 Å². The number of allylic oxidation sites excluding steroid dienone is 2. The number of nitrogens with zero attached hydrogens (tertiary/aromatic N) is 11. The van der Waals surface area contributed by atoms with Crippen molar-refractivity contribution in [1.82, 2.24) is 10.3 Å². The zero-order valence-electron chi connectivity index (χ0n) is 70.6. The number of aliphatic hydroxyl groups excluding tert-OH is 6. The summed E-state index contributed by atoms with van der Waals surface area (Å²) in [5, 5.41) is 166. The number of carboxylic acids is 2. The number of fused-ring (bicyclic) bond motifs is 12. The fourth-order valence-electron chi connectivity index (χ4n) is 18.8. The molecule has 1 aromatic heterocycles. The van der Waals surface area contributed by atoms with Gasteiger partial charge in [0.15, 0.2) is 12.6 Å². The smallest absolute Gasteiger partial charge is 0 e. The Balaban J connectivity index is 0.000000350. The first-order valence-electron chi connectivity index (χ1n) is 42.9. The molecule has 20 unspecified atom stereocenters. The Hall–Kier alpha value is 0.265. The Morgan fingerprint density at radius 1 is 0.467 bits per heavy atom. The maximum atomic E-state index is 10.6. The number of hydrogen-bond donors (Lipinski definition) is 15. The van der Waals surface area contributed by atoms with Crippen molar-refractivity contribution in [1.29, 1.82) is 0 Å². The Morgan fingerprint density at radius 3 is 0.984 bits per heavy atom. The summed E-state index contributed by atoms with van der Waals surface area (Å²) < 4.78 is 83.6. The van der Waals surface area contributed by atoms with Crippen LogP contribution in [-0.2, 0) is 65.9 Å². The van der Waals surface area contributed by atoms with Gasteiger partial charge in [-0.2, -0.15) is 6.20 Å². The maximum absolute atomic E-state index is 10.6. The first-order valence-corrected chi connectivity index (χ1v) is 63.3. The summed E-state index contributed by atoms with van der Waals surface area (Å²) >= 11 is -18.7. The molecule has 15 aliphatic rings. The van der Waals surface area contributed by atoms with Crippen LogP contribution < -0.4 is 5.32 Å². The van der Waals surface area contributed by atoms with E-state index >= 15 is 0 Å². The van der Waals surface area contributed by atoms with Crippen molar-refractivity contribution in [3.63, 3.8) is 0 Å². The second-order valence-corrected chi connectivity index (χ2v) is 59.2. The van der Waals surface area contributed by atoms with Crippen LogP contribution in [0.5, 0.6) is 0 Å². The van der Waals surface area contributed by atoms with Gasteiger partial charge < -0.3 is 130 Å². The molecule has 1 aromatic rings. The van der Waals surface area contributed by atoms with Crippen molar-refractivity contribution in [2.75, 3.05) is 72.0 Å². The monoisotopic (exact) mass is 2730 g/mol. The summed E-state index contributed by atoms with van der Waals surface area (Å²) in [5.41, 5.74) is 0.296. The van der Waals surface area contributed by atoms with Crippen LogP contribution in [0.3, 0.4) is 0 Å². The molecule has 0 bridgehead atoms. The topological polar surface area (TPSA) is 638 Å². The second-order valence-electron chi connectivity index (χ2n) is 32.6. The molecule has 20 atom stereocenters. The van der Waals surface area contributed by atoms with Crippen LogP contribution >= 0.6 is 0 Å². The van der Waals surface area contributed by atoms with Crippen LogP contribution in [0.1, 0.15) is 205 Å². The number of aliphatic carboxylic acids is 2. The molecule has 4 saturated carbocycles. The van der Waals surface area contributed by atoms with E-state index in [1.54, 1.807) is 18.3 Å². The van der Waals surface area contributed by atoms with Gasteiger partial charge in [0.1, 0.15) is 25.2 Å². The summed E-state index contributed by atoms with van der Waals surface area (Å²) in [5.74, 6) is 4.28. The van der Waals surface area contributed by atoms with Crippen LogP contribution in [0.25, 0.3) is 53.2 Å². The molecule has 14 fully saturated rings. The summed E-state index contributed by atoms with van der Waals surface area (Å²) in [7, 11) is 0. The fourth-order valence-corrected chi connectivity index (χ4v) is 53.3. The SMILES string of the molecule is C1C[N-]C2C(C1)CCC1CCC[N-]C12.C1C[N-]C2C(C1)CCC1CCC[N-]C12.C1C[N-]C2C(C1)CCC1CCC[N-]C12.C1C[N-]C2C(C1)CCC1CCC[N-]C12.CC(O)O.CC(O)O.O=C(O)C1=CC=C[N-]C1C(O)O.O=C(O)C1CCC[N-]C1C(O)O.OC(O)C1CCCNC1.OC(O)c1cccnc1.[O]=[U](=[O])[O][U](=[O])(=[O])[O][U](=[O])=[O].[O]=[U]=[O].[Zn].[Zn]. The van der Waals surface area contributed by atoms with Crippen LogP contribution in [0, 0.1) is 166 Å². The van der Waals surface area contributed by atoms with E-state index in [0.29, 0.717) is 73.3 Å². The standard InChI is InChI=1S/4C12H20N2.C7H12NO4.C7H8NO4.C6H13NO2.C6H7NO2.2C2H6O2.10O.4U.2Zn/c4*1-3-9-5-6-10-4-2-8-14-12(10)11(9)13-7-1;2*9-6(10)4-2-1-3-8-5(4)7(11)12;2*8-6(9)5-2-1-3-7-4-5;2*1-2(3)4;;;;;;;;;;;;;;;;/h4*9-12H,1-8H2;4-5,7,11-12H,1-3H2,(H,9,10);1-3,5,7,11-12H,(H,9,10);5-9H,1-4H2;1-4,6,8-9H;2*2-4H,1H3;;;;;;;;;;;;;;;;/q4*-2;2*-1;;;;;;;;;;;;;;;;;;;;. The summed E-state index contributed by atoms with van der Waals surface area (Å²) in [4.78, 5) is 24.8. The average Bonchev–Trinajstić information content (AvgIpc) is 0.811. The Labute approximate surface area is 787 Å². The molecule has 0 aromatic carbocycles. The molecule has 11 aliphatic heterocycles. The van der Waals surface area contributed by atoms with E-state index in [9.17, 15) is 23.0 Å². The molecule has 38 nitrogen and oxygen atoms in total. The van der Waals surface area contributed by atoms with Crippen LogP contribution in [0.2, 0.25) is 0 Å². The molecule has 122 heavy (non-hydrogen) atoms. The van der Waals surface area contributed by atoms with E-state index in [2.05, 4.69) is 20.4 Å². The molecule has 16 rings (SSSR count). The Morgan fingerprint density at radius 2 is 0.779 bits per heavy atom. The Bertz CT molecular complexity index is 3070. The van der Waals surface area contributed by atoms with Gasteiger partial charge >= 0.3 is 136 Å². The molecule has 0 amide bonds. The van der Waals surface area contributed by atoms with Gasteiger partial charge in [-0.05, 0) is 51.8 Å². The Kier molecular flexibility index (Phi) is 62.8. The predicted molar refractivity (Wildman–Crippen MR) is 416 cm³/mol. The zero-order chi connectivity index (χ0) is 88.1. The molecule has 10 saturated heterocycles. The third-order valence-corrected chi connectivity index (χ3v) is 60.0. The number of aliphatic hydroxyl groups is 12. The summed E-state index contributed by atoms with van der Waals surface area (Å²) in [6.45, 7) is 13.7. The molecule has 4 aliphatic carbocycles. The third-order valence-electron chi connectivity index (χ3n) is 24.1. The van der Waals surface area contributed by atoms with Gasteiger partial charge in [-0.25, -0.2) is 4.79 Å². The summed E-state index contributed by atoms with van der Waals surface area (Å²) in [6, 6.07) is 6.34. The van der Waals surface area contributed by atoms with E-state index in [1.165, 1.54) is 192 Å². The number of piperidine rings is 10. The number of aromatic nitrogens is 1. The van der Waals surface area contributed by atoms with Gasteiger partial charge in [0, 0.05) is 80.9 Å². The normalized spacial score (nSPS) is 31.7. The predicted octanol–water partition coefficient (Wildman–Crippen LogP) is 8.35. The minimum Gasteiger partial charge on any atom is 0 e. The number of carbonyl (C=O) groups is 2. The van der Waals surface area contributed by atoms with E-state index < -0.39 is 174 Å². The van der Waals surface area contributed by atoms with E-state index in [1.807, 2.05) is 0 Å². The fraction of sp³-hybridized carbons (Fsp3) is 0.859. The van der Waals surface area contributed by atoms with Crippen molar-refractivity contribution in [3.05, 3.63) is 107 Å². The van der Waals surface area contributed by atoms with Crippen molar-refractivity contribution in [3.8, 4) is 0 Å². The van der Waals surface area contributed by atoms with Crippen LogP contribution in [-0.4, -0.2) is 252 Å². The van der Waals surface area contributed by atoms with E-state index in [0.717, 1.165) is 126 Å². The third kappa shape index (κ3) is 44.4. The van der Waals surface area contributed by atoms with Crippen LogP contribution in [0.15, 0.2) is 48.5 Å². The molecule has 44 heteroatoms. The number of carboxylic acid groups (broad SMARTS) is 2. The van der Waals surface area contributed by atoms with Crippen molar-refractivity contribution in [2.45, 2.75) is 292 Å². The molecule has 0 radical (unpaired) electrons. The number of rotatable bonds is 10. The summed E-state index contributed by atoms with van der Waals surface area (Å²) in [6.07, 6.45) is 35.5. The van der Waals surface area contributed by atoms with Crippen LogP contribution in [0.4, 0.5) is 0 Å². The number of pyridine rings is 1. The minimum atomic E-state index is -6.28.